The van der Waals surface area contributed by atoms with Crippen molar-refractivity contribution in [2.75, 3.05) is 19.0 Å². The zero-order chi connectivity index (χ0) is 22.7. The van der Waals surface area contributed by atoms with E-state index in [0.29, 0.717) is 17.2 Å². The van der Waals surface area contributed by atoms with Gasteiger partial charge < -0.3 is 4.74 Å². The minimum absolute atomic E-state index is 0.0125. The quantitative estimate of drug-likeness (QED) is 0.566. The highest BCUT2D eigenvalue weighted by atomic mass is 32.2. The van der Waals surface area contributed by atoms with Crippen LogP contribution in [0.3, 0.4) is 0 Å². The summed E-state index contributed by atoms with van der Waals surface area (Å²) in [5.74, 6) is 0.425. The average molecular weight is 472 g/mol. The van der Waals surface area contributed by atoms with Crippen molar-refractivity contribution in [2.24, 2.45) is 0 Å². The molecule has 168 valence electrons. The first kappa shape index (κ1) is 22.4. The molecule has 1 aliphatic heterocycles. The van der Waals surface area contributed by atoms with Crippen LogP contribution in [-0.4, -0.2) is 43.3 Å². The number of thiazole rings is 1. The van der Waals surface area contributed by atoms with Crippen LogP contribution in [0.4, 0.5) is 5.13 Å². The monoisotopic (exact) mass is 471 g/mol. The van der Waals surface area contributed by atoms with E-state index in [1.54, 1.807) is 11.4 Å². The van der Waals surface area contributed by atoms with Crippen LogP contribution in [0.2, 0.25) is 0 Å². The number of hydrogen-bond acceptors (Lipinski definition) is 6. The Morgan fingerprint density at radius 3 is 2.50 bits per heavy atom. The average Bonchev–Trinajstić information content (AvgIpc) is 3.28. The van der Waals surface area contributed by atoms with Gasteiger partial charge in [-0.15, -0.1) is 11.3 Å². The molecule has 1 aliphatic rings. The van der Waals surface area contributed by atoms with Crippen molar-refractivity contribution in [1.82, 2.24) is 9.29 Å². The third-order valence-corrected chi connectivity index (χ3v) is 8.36. The number of sulfonamides is 1. The number of methoxy groups -OCH3 is 1. The van der Waals surface area contributed by atoms with E-state index in [1.165, 1.54) is 35.6 Å². The number of rotatable bonds is 6. The van der Waals surface area contributed by atoms with Crippen molar-refractivity contribution >= 4 is 32.4 Å². The van der Waals surface area contributed by atoms with Gasteiger partial charge in [-0.1, -0.05) is 6.42 Å². The van der Waals surface area contributed by atoms with Gasteiger partial charge in [-0.25, -0.2) is 13.4 Å². The molecule has 9 heteroatoms. The van der Waals surface area contributed by atoms with Crippen molar-refractivity contribution in [3.8, 4) is 17.0 Å². The van der Waals surface area contributed by atoms with Crippen molar-refractivity contribution < 1.29 is 17.9 Å². The third-order valence-electron chi connectivity index (χ3n) is 5.58. The molecule has 1 saturated heterocycles. The van der Waals surface area contributed by atoms with Gasteiger partial charge in [-0.3, -0.25) is 10.1 Å². The highest BCUT2D eigenvalue weighted by Gasteiger charge is 2.30. The van der Waals surface area contributed by atoms with E-state index < -0.39 is 10.0 Å². The number of benzene rings is 2. The van der Waals surface area contributed by atoms with Crippen LogP contribution in [-0.2, 0) is 10.0 Å². The molecule has 1 N–H and O–H groups in total. The lowest BCUT2D eigenvalue weighted by molar-refractivity contribution is 0.102. The molecule has 0 unspecified atom stereocenters. The summed E-state index contributed by atoms with van der Waals surface area (Å²) in [4.78, 5) is 17.3. The molecule has 4 rings (SSSR count). The van der Waals surface area contributed by atoms with Crippen molar-refractivity contribution in [3.63, 3.8) is 0 Å². The SMILES string of the molecule is COc1ccc(-c2csc(NC(=O)c3ccc(S(=O)(=O)N4CCCC[C@@H]4C)cc3)n2)cc1. The molecule has 1 aromatic heterocycles. The number of carbonyl (C=O) groups excluding carboxylic acids is 1. The Bertz CT molecular complexity index is 1190. The lowest BCUT2D eigenvalue weighted by Gasteiger charge is -2.32. The first-order valence-electron chi connectivity index (χ1n) is 10.4. The molecule has 1 amide bonds. The number of nitrogens with one attached hydrogen (secondary N) is 1. The fraction of sp³-hybridized carbons (Fsp3) is 0.304. The van der Waals surface area contributed by atoms with Gasteiger partial charge in [0.15, 0.2) is 5.13 Å². The Hall–Kier alpha value is -2.75. The summed E-state index contributed by atoms with van der Waals surface area (Å²) in [6.45, 7) is 2.47. The Labute approximate surface area is 192 Å². The smallest absolute Gasteiger partial charge is 0.257 e. The predicted octanol–water partition coefficient (Wildman–Crippen LogP) is 4.63. The van der Waals surface area contributed by atoms with Crippen LogP contribution in [0.1, 0.15) is 36.5 Å². The molecule has 0 radical (unpaired) electrons. The van der Waals surface area contributed by atoms with Crippen LogP contribution < -0.4 is 10.1 Å². The van der Waals surface area contributed by atoms with Gasteiger partial charge in [-0.05, 0) is 68.3 Å². The second-order valence-electron chi connectivity index (χ2n) is 7.71. The van der Waals surface area contributed by atoms with E-state index in [1.807, 2.05) is 36.6 Å². The van der Waals surface area contributed by atoms with Gasteiger partial charge in [0.1, 0.15) is 5.75 Å². The topological polar surface area (TPSA) is 88.6 Å². The molecular weight excluding hydrogens is 446 g/mol. The minimum Gasteiger partial charge on any atom is -0.497 e. The van der Waals surface area contributed by atoms with E-state index in [-0.39, 0.29) is 16.8 Å². The molecule has 1 atom stereocenters. The number of hydrogen-bond donors (Lipinski definition) is 1. The lowest BCUT2D eigenvalue weighted by Crippen LogP contribution is -2.41. The zero-order valence-corrected chi connectivity index (χ0v) is 19.6. The van der Waals surface area contributed by atoms with Crippen molar-refractivity contribution in [3.05, 3.63) is 59.5 Å². The Kier molecular flexibility index (Phi) is 6.59. The molecule has 2 aromatic carbocycles. The zero-order valence-electron chi connectivity index (χ0n) is 17.9. The molecule has 7 nitrogen and oxygen atoms in total. The number of aromatic nitrogens is 1. The minimum atomic E-state index is -3.56. The molecule has 3 aromatic rings. The Morgan fingerprint density at radius 2 is 1.84 bits per heavy atom. The van der Waals surface area contributed by atoms with Gasteiger partial charge in [0.2, 0.25) is 10.0 Å². The Morgan fingerprint density at radius 1 is 1.12 bits per heavy atom. The Balaban J connectivity index is 1.45. The highest BCUT2D eigenvalue weighted by molar-refractivity contribution is 7.89. The van der Waals surface area contributed by atoms with Crippen molar-refractivity contribution in [2.45, 2.75) is 37.1 Å². The molecule has 1 fully saturated rings. The summed E-state index contributed by atoms with van der Waals surface area (Å²) in [6.07, 6.45) is 2.78. The normalized spacial score (nSPS) is 17.1. The molecular formula is C23H25N3O4S2. The van der Waals surface area contributed by atoms with Crippen molar-refractivity contribution in [1.29, 1.82) is 0 Å². The first-order valence-corrected chi connectivity index (χ1v) is 12.7. The largest absolute Gasteiger partial charge is 0.497 e. The summed E-state index contributed by atoms with van der Waals surface area (Å²) < 4.78 is 32.6. The van der Waals surface area contributed by atoms with Crippen LogP contribution in [0, 0.1) is 0 Å². The number of ether oxygens (including phenoxy) is 1. The van der Waals surface area contributed by atoms with E-state index in [0.717, 1.165) is 36.3 Å². The molecule has 0 saturated carbocycles. The van der Waals surface area contributed by atoms with E-state index in [2.05, 4.69) is 10.3 Å². The van der Waals surface area contributed by atoms with E-state index >= 15 is 0 Å². The lowest BCUT2D eigenvalue weighted by atomic mass is 10.1. The summed E-state index contributed by atoms with van der Waals surface area (Å²) in [5, 5.41) is 5.12. The van der Waals surface area contributed by atoms with Crippen LogP contribution in [0.25, 0.3) is 11.3 Å². The summed E-state index contributed by atoms with van der Waals surface area (Å²) in [5.41, 5.74) is 2.05. The molecule has 32 heavy (non-hydrogen) atoms. The number of amides is 1. The van der Waals surface area contributed by atoms with Crippen LogP contribution >= 0.6 is 11.3 Å². The first-order chi connectivity index (χ1) is 15.4. The van der Waals surface area contributed by atoms with Gasteiger partial charge in [0.25, 0.3) is 5.91 Å². The summed E-state index contributed by atoms with van der Waals surface area (Å²) in [6, 6.07) is 13.6. The second-order valence-corrected chi connectivity index (χ2v) is 10.5. The molecule has 2 heterocycles. The fourth-order valence-electron chi connectivity index (χ4n) is 3.74. The molecule has 0 spiro atoms. The fourth-order valence-corrected chi connectivity index (χ4v) is 6.15. The molecule has 0 bridgehead atoms. The number of anilines is 1. The second kappa shape index (κ2) is 9.40. The third kappa shape index (κ3) is 4.69. The highest BCUT2D eigenvalue weighted by Crippen LogP contribution is 2.28. The molecule has 0 aliphatic carbocycles. The van der Waals surface area contributed by atoms with E-state index in [9.17, 15) is 13.2 Å². The van der Waals surface area contributed by atoms with E-state index in [4.69, 9.17) is 4.74 Å². The number of nitrogens with zero attached hydrogens (tertiary/aromatic N) is 2. The number of piperidine rings is 1. The van der Waals surface area contributed by atoms with Gasteiger partial charge in [-0.2, -0.15) is 4.31 Å². The number of carbonyl (C=O) groups is 1. The maximum absolute atomic E-state index is 13.0. The van der Waals surface area contributed by atoms with Crippen LogP contribution in [0.15, 0.2) is 58.8 Å². The maximum Gasteiger partial charge on any atom is 0.257 e. The van der Waals surface area contributed by atoms with Gasteiger partial charge >= 0.3 is 0 Å². The maximum atomic E-state index is 13.0. The summed E-state index contributed by atoms with van der Waals surface area (Å²) in [7, 11) is -1.95. The summed E-state index contributed by atoms with van der Waals surface area (Å²) >= 11 is 1.33. The van der Waals surface area contributed by atoms with Crippen LogP contribution in [0.5, 0.6) is 5.75 Å². The van der Waals surface area contributed by atoms with Gasteiger partial charge in [0.05, 0.1) is 17.7 Å². The predicted molar refractivity (Wildman–Crippen MR) is 126 cm³/mol. The standard InChI is InChI=1S/C23H25N3O4S2/c1-16-5-3-4-14-26(16)32(28,29)20-12-8-18(9-13-20)22(27)25-23-24-21(15-31-23)17-6-10-19(30-2)11-7-17/h6-13,15-16H,3-5,14H2,1-2H3,(H,24,25,27)/t16-/m0/s1. The van der Waals surface area contributed by atoms with Gasteiger partial charge in [0, 0.05) is 29.1 Å².